The van der Waals surface area contributed by atoms with Gasteiger partial charge in [0.2, 0.25) is 5.91 Å². The molecule has 1 atom stereocenters. The number of hydrogen-bond donors (Lipinski definition) is 2. The molecule has 2 N–H and O–H groups in total. The van der Waals surface area contributed by atoms with Crippen molar-refractivity contribution in [3.63, 3.8) is 0 Å². The minimum Gasteiger partial charge on any atom is -0.352 e. The van der Waals surface area contributed by atoms with Gasteiger partial charge in [0.1, 0.15) is 0 Å². The molecule has 0 spiro atoms. The van der Waals surface area contributed by atoms with E-state index in [1.807, 2.05) is 6.92 Å². The van der Waals surface area contributed by atoms with E-state index in [1.165, 1.54) is 5.56 Å². The van der Waals surface area contributed by atoms with Gasteiger partial charge in [-0.15, -0.1) is 0 Å². The Kier molecular flexibility index (Phi) is 4.02. The second-order valence-corrected chi connectivity index (χ2v) is 5.51. The molecule has 1 amide bonds. The highest BCUT2D eigenvalue weighted by molar-refractivity contribution is 5.82. The zero-order valence-corrected chi connectivity index (χ0v) is 11.3. The monoisotopic (exact) mass is 246 g/mol. The number of amides is 1. The van der Waals surface area contributed by atoms with Crippen LogP contribution in [0.3, 0.4) is 0 Å². The summed E-state index contributed by atoms with van der Waals surface area (Å²) in [7, 11) is 0. The summed E-state index contributed by atoms with van der Waals surface area (Å²) in [5.74, 6) is 0.162. The third-order valence-electron chi connectivity index (χ3n) is 3.72. The van der Waals surface area contributed by atoms with Crippen LogP contribution in [-0.2, 0) is 11.3 Å². The maximum Gasteiger partial charge on any atom is 0.227 e. The first-order valence-electron chi connectivity index (χ1n) is 6.65. The van der Waals surface area contributed by atoms with Gasteiger partial charge in [-0.05, 0) is 38.8 Å². The number of nitrogens with one attached hydrogen (secondary N) is 2. The minimum atomic E-state index is -0.247. The molecule has 3 nitrogen and oxygen atoms in total. The molecule has 1 fully saturated rings. The van der Waals surface area contributed by atoms with Crippen LogP contribution in [0, 0.1) is 12.3 Å². The average molecular weight is 246 g/mol. The standard InChI is InChI=1S/C15H22N2O/c1-12-4-6-13(7-5-12)10-17-14(18)15(2)8-3-9-16-11-15/h4-7,16H,3,8-11H2,1-2H3,(H,17,18). The Bertz CT molecular complexity index is 405. The van der Waals surface area contributed by atoms with Crippen LogP contribution in [0.4, 0.5) is 0 Å². The highest BCUT2D eigenvalue weighted by Gasteiger charge is 2.34. The largest absolute Gasteiger partial charge is 0.352 e. The molecule has 3 heteroatoms. The van der Waals surface area contributed by atoms with Gasteiger partial charge in [-0.2, -0.15) is 0 Å². The summed E-state index contributed by atoms with van der Waals surface area (Å²) in [5, 5.41) is 6.35. The first-order valence-corrected chi connectivity index (χ1v) is 6.65. The number of aryl methyl sites for hydroxylation is 1. The number of hydrogen-bond acceptors (Lipinski definition) is 2. The number of carbonyl (C=O) groups excluding carboxylic acids is 1. The van der Waals surface area contributed by atoms with E-state index in [-0.39, 0.29) is 11.3 Å². The maximum absolute atomic E-state index is 12.2. The highest BCUT2D eigenvalue weighted by atomic mass is 16.2. The van der Waals surface area contributed by atoms with Crippen molar-refractivity contribution in [2.45, 2.75) is 33.2 Å². The molecule has 0 aliphatic carbocycles. The van der Waals surface area contributed by atoms with Crippen molar-refractivity contribution in [3.8, 4) is 0 Å². The van der Waals surface area contributed by atoms with Gasteiger partial charge in [0.05, 0.1) is 5.41 Å². The zero-order chi connectivity index (χ0) is 13.0. The van der Waals surface area contributed by atoms with E-state index in [0.717, 1.165) is 31.5 Å². The molecule has 0 saturated carbocycles. The first-order chi connectivity index (χ1) is 8.60. The van der Waals surface area contributed by atoms with Crippen molar-refractivity contribution >= 4 is 5.91 Å². The van der Waals surface area contributed by atoms with Gasteiger partial charge in [0, 0.05) is 13.1 Å². The van der Waals surface area contributed by atoms with Crippen LogP contribution in [0.1, 0.15) is 30.9 Å². The van der Waals surface area contributed by atoms with Crippen molar-refractivity contribution in [2.75, 3.05) is 13.1 Å². The lowest BCUT2D eigenvalue weighted by atomic mass is 9.82. The van der Waals surface area contributed by atoms with Crippen LogP contribution >= 0.6 is 0 Å². The van der Waals surface area contributed by atoms with E-state index in [0.29, 0.717) is 6.54 Å². The summed E-state index contributed by atoms with van der Waals surface area (Å²) in [6.07, 6.45) is 2.05. The van der Waals surface area contributed by atoms with Crippen molar-refractivity contribution in [1.82, 2.24) is 10.6 Å². The Morgan fingerprint density at radius 1 is 1.39 bits per heavy atom. The van der Waals surface area contributed by atoms with E-state index in [4.69, 9.17) is 0 Å². The lowest BCUT2D eigenvalue weighted by Gasteiger charge is -2.32. The molecule has 2 rings (SSSR count). The molecule has 0 radical (unpaired) electrons. The highest BCUT2D eigenvalue weighted by Crippen LogP contribution is 2.25. The number of carbonyl (C=O) groups is 1. The van der Waals surface area contributed by atoms with Crippen molar-refractivity contribution in [1.29, 1.82) is 0 Å². The fourth-order valence-corrected chi connectivity index (χ4v) is 2.35. The Morgan fingerprint density at radius 2 is 2.11 bits per heavy atom. The van der Waals surface area contributed by atoms with Gasteiger partial charge in [0.15, 0.2) is 0 Å². The number of rotatable bonds is 3. The van der Waals surface area contributed by atoms with Crippen molar-refractivity contribution < 1.29 is 4.79 Å². The maximum atomic E-state index is 12.2. The summed E-state index contributed by atoms with van der Waals surface area (Å²) in [6.45, 7) is 6.54. The molecule has 1 aliphatic heterocycles. The van der Waals surface area contributed by atoms with Gasteiger partial charge < -0.3 is 10.6 Å². The van der Waals surface area contributed by atoms with Crippen molar-refractivity contribution in [2.24, 2.45) is 5.41 Å². The van der Waals surface area contributed by atoms with Gasteiger partial charge >= 0.3 is 0 Å². The Labute approximate surface area is 109 Å². The molecule has 1 aromatic carbocycles. The normalized spacial score (nSPS) is 23.7. The van der Waals surface area contributed by atoms with E-state index in [9.17, 15) is 4.79 Å². The summed E-state index contributed by atoms with van der Waals surface area (Å²) < 4.78 is 0. The average Bonchev–Trinajstić information content (AvgIpc) is 2.38. The van der Waals surface area contributed by atoms with Crippen LogP contribution in [0.5, 0.6) is 0 Å². The Balaban J connectivity index is 1.89. The fraction of sp³-hybridized carbons (Fsp3) is 0.533. The summed E-state index contributed by atoms with van der Waals surface area (Å²) in [5.41, 5.74) is 2.15. The second kappa shape index (κ2) is 5.53. The van der Waals surface area contributed by atoms with Crippen LogP contribution in [0.25, 0.3) is 0 Å². The smallest absolute Gasteiger partial charge is 0.227 e. The third kappa shape index (κ3) is 3.10. The molecular weight excluding hydrogens is 224 g/mol. The fourth-order valence-electron chi connectivity index (χ4n) is 2.35. The van der Waals surface area contributed by atoms with Crippen molar-refractivity contribution in [3.05, 3.63) is 35.4 Å². The van der Waals surface area contributed by atoms with Crippen LogP contribution in [0.2, 0.25) is 0 Å². The molecule has 98 valence electrons. The molecular formula is C15H22N2O. The Morgan fingerprint density at radius 3 is 2.72 bits per heavy atom. The molecule has 1 heterocycles. The number of benzene rings is 1. The lowest BCUT2D eigenvalue weighted by molar-refractivity contribution is -0.131. The van der Waals surface area contributed by atoms with Crippen LogP contribution in [0.15, 0.2) is 24.3 Å². The SMILES string of the molecule is Cc1ccc(CNC(=O)C2(C)CCCNC2)cc1. The lowest BCUT2D eigenvalue weighted by Crippen LogP contribution is -2.48. The summed E-state index contributed by atoms with van der Waals surface area (Å²) in [4.78, 5) is 12.2. The molecule has 18 heavy (non-hydrogen) atoms. The molecule has 1 aliphatic rings. The molecule has 0 bridgehead atoms. The predicted octanol–water partition coefficient (Wildman–Crippen LogP) is 2.00. The second-order valence-electron chi connectivity index (χ2n) is 5.51. The molecule has 0 aromatic heterocycles. The number of piperidine rings is 1. The predicted molar refractivity (Wildman–Crippen MR) is 73.2 cm³/mol. The Hall–Kier alpha value is -1.35. The zero-order valence-electron chi connectivity index (χ0n) is 11.3. The van der Waals surface area contributed by atoms with Gasteiger partial charge in [0.25, 0.3) is 0 Å². The molecule has 1 aromatic rings. The van der Waals surface area contributed by atoms with Crippen LogP contribution in [-0.4, -0.2) is 19.0 Å². The summed E-state index contributed by atoms with van der Waals surface area (Å²) >= 11 is 0. The quantitative estimate of drug-likeness (QED) is 0.856. The molecule has 1 unspecified atom stereocenters. The molecule has 1 saturated heterocycles. The van der Waals surface area contributed by atoms with Crippen LogP contribution < -0.4 is 10.6 Å². The van der Waals surface area contributed by atoms with Gasteiger partial charge in [-0.25, -0.2) is 0 Å². The first kappa shape index (κ1) is 13.1. The van der Waals surface area contributed by atoms with E-state index < -0.39 is 0 Å². The topological polar surface area (TPSA) is 41.1 Å². The van der Waals surface area contributed by atoms with Gasteiger partial charge in [-0.1, -0.05) is 29.8 Å². The summed E-state index contributed by atoms with van der Waals surface area (Å²) in [6, 6.07) is 8.28. The van der Waals surface area contributed by atoms with E-state index in [2.05, 4.69) is 41.8 Å². The third-order valence-corrected chi connectivity index (χ3v) is 3.72. The van der Waals surface area contributed by atoms with Gasteiger partial charge in [-0.3, -0.25) is 4.79 Å². The minimum absolute atomic E-state index is 0.162. The van der Waals surface area contributed by atoms with E-state index in [1.54, 1.807) is 0 Å². The van der Waals surface area contributed by atoms with E-state index >= 15 is 0 Å².